The van der Waals surface area contributed by atoms with Crippen LogP contribution in [0.15, 0.2) is 23.4 Å². The summed E-state index contributed by atoms with van der Waals surface area (Å²) in [5, 5.41) is 3.28. The molecule has 19 heavy (non-hydrogen) atoms. The van der Waals surface area contributed by atoms with Gasteiger partial charge in [0, 0.05) is 25.3 Å². The monoisotopic (exact) mass is 305 g/mol. The van der Waals surface area contributed by atoms with Gasteiger partial charge in [-0.05, 0) is 38.4 Å². The molecule has 1 fully saturated rings. The quantitative estimate of drug-likeness (QED) is 0.911. The first-order valence-corrected chi connectivity index (χ1v) is 7.58. The number of piperidine rings is 1. The maximum Gasteiger partial charge on any atom is 0.260 e. The van der Waals surface area contributed by atoms with E-state index in [0.29, 0.717) is 13.1 Å². The number of rotatable bonds is 3. The van der Waals surface area contributed by atoms with Gasteiger partial charge in [0.05, 0.1) is 0 Å². The van der Waals surface area contributed by atoms with Crippen LogP contribution in [0.25, 0.3) is 0 Å². The zero-order valence-corrected chi connectivity index (χ0v) is 12.8. The van der Waals surface area contributed by atoms with Crippen LogP contribution < -0.4 is 5.32 Å². The number of sulfonamides is 1. The summed E-state index contributed by atoms with van der Waals surface area (Å²) >= 11 is 0. The van der Waals surface area contributed by atoms with Gasteiger partial charge in [0.15, 0.2) is 5.03 Å². The average Bonchev–Trinajstić information content (AvgIpc) is 2.39. The zero-order chi connectivity index (χ0) is 13.2. The first kappa shape index (κ1) is 16.4. The van der Waals surface area contributed by atoms with E-state index >= 15 is 0 Å². The van der Waals surface area contributed by atoms with E-state index in [1.807, 2.05) is 14.0 Å². The highest BCUT2D eigenvalue weighted by molar-refractivity contribution is 7.89. The molecule has 108 valence electrons. The van der Waals surface area contributed by atoms with Crippen LogP contribution in [0, 0.1) is 6.92 Å². The summed E-state index contributed by atoms with van der Waals surface area (Å²) in [6.45, 7) is 2.99. The number of nitrogens with zero attached hydrogens (tertiary/aromatic N) is 2. The molecule has 1 aromatic heterocycles. The smallest absolute Gasteiger partial charge is 0.260 e. The molecule has 0 aromatic carbocycles. The lowest BCUT2D eigenvalue weighted by Crippen LogP contribution is -2.47. The fourth-order valence-corrected chi connectivity index (χ4v) is 3.57. The number of halogens is 1. The van der Waals surface area contributed by atoms with E-state index in [2.05, 4.69) is 10.3 Å². The molecule has 0 saturated carbocycles. The standard InChI is InChI=1S/C12H19N3O2S.ClH/c1-10-5-6-12(14-8-10)18(16,17)15-7-3-4-11(9-15)13-2;/h5-6,8,11,13H,3-4,7,9H2,1-2H3;1H. The third kappa shape index (κ3) is 3.66. The molecule has 0 spiro atoms. The Balaban J connectivity index is 0.00000180. The highest BCUT2D eigenvalue weighted by Crippen LogP contribution is 2.19. The predicted molar refractivity (Wildman–Crippen MR) is 77.1 cm³/mol. The van der Waals surface area contributed by atoms with E-state index in [0.717, 1.165) is 18.4 Å². The van der Waals surface area contributed by atoms with E-state index in [9.17, 15) is 8.42 Å². The van der Waals surface area contributed by atoms with E-state index in [4.69, 9.17) is 0 Å². The molecule has 5 nitrogen and oxygen atoms in total. The Morgan fingerprint density at radius 2 is 2.16 bits per heavy atom. The topological polar surface area (TPSA) is 62.3 Å². The molecule has 1 aliphatic rings. The van der Waals surface area contributed by atoms with Crippen LogP contribution in [0.5, 0.6) is 0 Å². The van der Waals surface area contributed by atoms with Gasteiger partial charge >= 0.3 is 0 Å². The molecule has 0 aliphatic carbocycles. The van der Waals surface area contributed by atoms with Crippen molar-refractivity contribution >= 4 is 22.4 Å². The van der Waals surface area contributed by atoms with Crippen molar-refractivity contribution < 1.29 is 8.42 Å². The van der Waals surface area contributed by atoms with Crippen LogP contribution >= 0.6 is 12.4 Å². The molecule has 1 N–H and O–H groups in total. The Hall–Kier alpha value is -0.690. The highest BCUT2D eigenvalue weighted by Gasteiger charge is 2.30. The Kier molecular flexibility index (Phi) is 5.73. The van der Waals surface area contributed by atoms with Crippen molar-refractivity contribution in [1.29, 1.82) is 0 Å². The Labute approximate surface area is 120 Å². The molecule has 0 bridgehead atoms. The highest BCUT2D eigenvalue weighted by atomic mass is 35.5. The van der Waals surface area contributed by atoms with Crippen LogP contribution in [-0.2, 0) is 10.0 Å². The first-order valence-electron chi connectivity index (χ1n) is 6.14. The minimum Gasteiger partial charge on any atom is -0.316 e. The average molecular weight is 306 g/mol. The third-order valence-corrected chi connectivity index (χ3v) is 5.06. The summed E-state index contributed by atoms with van der Waals surface area (Å²) in [6.07, 6.45) is 3.49. The fraction of sp³-hybridized carbons (Fsp3) is 0.583. The number of hydrogen-bond donors (Lipinski definition) is 1. The van der Waals surface area contributed by atoms with Crippen molar-refractivity contribution in [3.8, 4) is 0 Å². The zero-order valence-electron chi connectivity index (χ0n) is 11.2. The van der Waals surface area contributed by atoms with E-state index in [1.165, 1.54) is 4.31 Å². The molecule has 0 amide bonds. The van der Waals surface area contributed by atoms with Crippen LogP contribution in [0.1, 0.15) is 18.4 Å². The van der Waals surface area contributed by atoms with Gasteiger partial charge in [-0.2, -0.15) is 4.31 Å². The lowest BCUT2D eigenvalue weighted by molar-refractivity contribution is 0.292. The Bertz CT molecular complexity index is 504. The van der Waals surface area contributed by atoms with Crippen LogP contribution in [0.3, 0.4) is 0 Å². The second kappa shape index (κ2) is 6.65. The van der Waals surface area contributed by atoms with Gasteiger partial charge in [-0.1, -0.05) is 6.07 Å². The van der Waals surface area contributed by atoms with Crippen molar-refractivity contribution in [3.05, 3.63) is 23.9 Å². The van der Waals surface area contributed by atoms with Gasteiger partial charge in [-0.3, -0.25) is 0 Å². The second-order valence-electron chi connectivity index (χ2n) is 4.66. The normalized spacial score (nSPS) is 20.8. The number of hydrogen-bond acceptors (Lipinski definition) is 4. The largest absolute Gasteiger partial charge is 0.316 e. The number of pyridine rings is 1. The van der Waals surface area contributed by atoms with Crippen molar-refractivity contribution in [2.45, 2.75) is 30.8 Å². The molecule has 2 heterocycles. The van der Waals surface area contributed by atoms with E-state index in [1.54, 1.807) is 18.3 Å². The molecule has 1 saturated heterocycles. The van der Waals surface area contributed by atoms with Gasteiger partial charge in [0.1, 0.15) is 0 Å². The van der Waals surface area contributed by atoms with Crippen LogP contribution in [0.2, 0.25) is 0 Å². The van der Waals surface area contributed by atoms with Crippen LogP contribution in [-0.4, -0.2) is 43.9 Å². The molecule has 1 atom stereocenters. The van der Waals surface area contributed by atoms with Crippen molar-refractivity contribution in [2.75, 3.05) is 20.1 Å². The SMILES string of the molecule is CNC1CCCN(S(=O)(=O)c2ccc(C)cn2)C1.Cl. The summed E-state index contributed by atoms with van der Waals surface area (Å²) in [7, 11) is -1.57. The summed E-state index contributed by atoms with van der Waals surface area (Å²) < 4.78 is 26.3. The van der Waals surface area contributed by atoms with Gasteiger partial charge < -0.3 is 5.32 Å². The maximum absolute atomic E-state index is 12.4. The summed E-state index contributed by atoms with van der Waals surface area (Å²) in [5.74, 6) is 0. The number of nitrogens with one attached hydrogen (secondary N) is 1. The van der Waals surface area contributed by atoms with Crippen LogP contribution in [0.4, 0.5) is 0 Å². The van der Waals surface area contributed by atoms with Gasteiger partial charge in [0.25, 0.3) is 10.0 Å². The Morgan fingerprint density at radius 3 is 2.74 bits per heavy atom. The molecule has 7 heteroatoms. The van der Waals surface area contributed by atoms with Crippen molar-refractivity contribution in [3.63, 3.8) is 0 Å². The molecule has 1 aliphatic heterocycles. The van der Waals surface area contributed by atoms with Gasteiger partial charge in [-0.25, -0.2) is 13.4 Å². The molecule has 1 unspecified atom stereocenters. The molecular weight excluding hydrogens is 286 g/mol. The number of aromatic nitrogens is 1. The fourth-order valence-electron chi connectivity index (χ4n) is 2.14. The minimum absolute atomic E-state index is 0. The number of likely N-dealkylation sites (N-methyl/N-ethyl adjacent to an activating group) is 1. The molecular formula is C12H20ClN3O2S. The van der Waals surface area contributed by atoms with Crippen molar-refractivity contribution in [1.82, 2.24) is 14.6 Å². The molecule has 2 rings (SSSR count). The first-order chi connectivity index (χ1) is 8.54. The van der Waals surface area contributed by atoms with Crippen molar-refractivity contribution in [2.24, 2.45) is 0 Å². The molecule has 1 aromatic rings. The maximum atomic E-state index is 12.4. The van der Waals surface area contributed by atoms with E-state index < -0.39 is 10.0 Å². The number of aryl methyl sites for hydroxylation is 1. The summed E-state index contributed by atoms with van der Waals surface area (Å²) in [6, 6.07) is 3.59. The van der Waals surface area contributed by atoms with E-state index in [-0.39, 0.29) is 23.5 Å². The Morgan fingerprint density at radius 1 is 1.42 bits per heavy atom. The lowest BCUT2D eigenvalue weighted by atomic mass is 10.1. The third-order valence-electron chi connectivity index (χ3n) is 3.28. The summed E-state index contributed by atoms with van der Waals surface area (Å²) in [5.41, 5.74) is 0.959. The predicted octanol–water partition coefficient (Wildman–Crippen LogP) is 1.18. The minimum atomic E-state index is -3.44. The van der Waals surface area contributed by atoms with Gasteiger partial charge in [0.2, 0.25) is 0 Å². The second-order valence-corrected chi connectivity index (χ2v) is 6.55. The lowest BCUT2D eigenvalue weighted by Gasteiger charge is -2.31. The molecule has 0 radical (unpaired) electrons. The van der Waals surface area contributed by atoms with Gasteiger partial charge in [-0.15, -0.1) is 12.4 Å². The summed E-state index contributed by atoms with van der Waals surface area (Å²) in [4.78, 5) is 4.03.